The summed E-state index contributed by atoms with van der Waals surface area (Å²) in [6.07, 6.45) is 0. The molecular weight excluding hydrogens is 322 g/mol. The fraction of sp³-hybridized carbons (Fsp3) is 0.467. The van der Waals surface area contributed by atoms with Crippen molar-refractivity contribution in [2.45, 2.75) is 43.4 Å². The number of rotatable bonds is 6. The number of nitrogens with two attached hydrogens (primary N) is 1. The van der Waals surface area contributed by atoms with E-state index in [2.05, 4.69) is 10.6 Å². The van der Waals surface area contributed by atoms with E-state index in [1.54, 1.807) is 0 Å². The third kappa shape index (κ3) is 7.15. The molecule has 22 heavy (non-hydrogen) atoms. The molecule has 0 heterocycles. The maximum atomic E-state index is 12.1. The van der Waals surface area contributed by atoms with E-state index in [1.807, 2.05) is 45.0 Å². The van der Waals surface area contributed by atoms with Gasteiger partial charge in [-0.3, -0.25) is 9.59 Å². The van der Waals surface area contributed by atoms with E-state index in [4.69, 9.17) is 5.73 Å². The van der Waals surface area contributed by atoms with Crippen LogP contribution in [-0.4, -0.2) is 29.1 Å². The summed E-state index contributed by atoms with van der Waals surface area (Å²) >= 11 is 1.46. The van der Waals surface area contributed by atoms with Crippen LogP contribution in [0.25, 0.3) is 0 Å². The van der Waals surface area contributed by atoms with E-state index in [1.165, 1.54) is 18.7 Å². The molecule has 0 aliphatic carbocycles. The molecule has 0 spiro atoms. The van der Waals surface area contributed by atoms with Crippen molar-refractivity contribution in [3.8, 4) is 0 Å². The van der Waals surface area contributed by atoms with Gasteiger partial charge in [-0.15, -0.1) is 24.2 Å². The molecule has 0 aromatic heterocycles. The summed E-state index contributed by atoms with van der Waals surface area (Å²) in [6.45, 7) is 7.50. The Balaban J connectivity index is 0.00000441. The first kappa shape index (κ1) is 20.8. The minimum absolute atomic E-state index is 0. The number of benzene rings is 1. The normalized spacial score (nSPS) is 12.0. The number of carbonyl (C=O) groups excluding carboxylic acids is 2. The van der Waals surface area contributed by atoms with Gasteiger partial charge in [0.1, 0.15) is 0 Å². The Labute approximate surface area is 142 Å². The quantitative estimate of drug-likeness (QED) is 0.691. The van der Waals surface area contributed by atoms with E-state index < -0.39 is 5.54 Å². The summed E-state index contributed by atoms with van der Waals surface area (Å²) in [5.41, 5.74) is 5.95. The van der Waals surface area contributed by atoms with Gasteiger partial charge in [0.2, 0.25) is 11.8 Å². The highest BCUT2D eigenvalue weighted by Gasteiger charge is 2.22. The van der Waals surface area contributed by atoms with Gasteiger partial charge in [0.05, 0.1) is 5.25 Å². The Hall–Kier alpha value is -1.24. The molecule has 2 amide bonds. The SMILES string of the molecule is CC(=O)Nc1ccc(SC(C)C(=O)NC(C)(C)CN)cc1.Cl. The molecule has 5 nitrogen and oxygen atoms in total. The molecule has 0 saturated carbocycles. The second kappa shape index (κ2) is 9.02. The topological polar surface area (TPSA) is 84.2 Å². The van der Waals surface area contributed by atoms with E-state index >= 15 is 0 Å². The van der Waals surface area contributed by atoms with Gasteiger partial charge in [0.25, 0.3) is 0 Å². The fourth-order valence-corrected chi connectivity index (χ4v) is 2.43. The zero-order chi connectivity index (χ0) is 16.0. The monoisotopic (exact) mass is 345 g/mol. The second-order valence-electron chi connectivity index (χ2n) is 5.54. The zero-order valence-electron chi connectivity index (χ0n) is 13.3. The van der Waals surface area contributed by atoms with Gasteiger partial charge >= 0.3 is 0 Å². The summed E-state index contributed by atoms with van der Waals surface area (Å²) in [5, 5.41) is 5.41. The molecule has 0 radical (unpaired) electrons. The van der Waals surface area contributed by atoms with E-state index in [0.717, 1.165) is 10.6 Å². The Morgan fingerprint density at radius 3 is 2.27 bits per heavy atom. The number of halogens is 1. The lowest BCUT2D eigenvalue weighted by Crippen LogP contribution is -2.51. The lowest BCUT2D eigenvalue weighted by atomic mass is 10.1. The minimum atomic E-state index is -0.402. The van der Waals surface area contributed by atoms with Crippen molar-refractivity contribution >= 4 is 41.7 Å². The van der Waals surface area contributed by atoms with Crippen LogP contribution < -0.4 is 16.4 Å². The molecule has 0 bridgehead atoms. The van der Waals surface area contributed by atoms with Gasteiger partial charge in [-0.05, 0) is 45.0 Å². The number of amides is 2. The van der Waals surface area contributed by atoms with Crippen LogP contribution in [0, 0.1) is 0 Å². The highest BCUT2D eigenvalue weighted by atomic mass is 35.5. The van der Waals surface area contributed by atoms with Crippen molar-refractivity contribution in [3.63, 3.8) is 0 Å². The van der Waals surface area contributed by atoms with Crippen LogP contribution in [0.15, 0.2) is 29.2 Å². The van der Waals surface area contributed by atoms with Gasteiger partial charge in [0.15, 0.2) is 0 Å². The lowest BCUT2D eigenvalue weighted by Gasteiger charge is -2.26. The number of thioether (sulfide) groups is 1. The van der Waals surface area contributed by atoms with Crippen LogP contribution in [0.5, 0.6) is 0 Å². The average molecular weight is 346 g/mol. The highest BCUT2D eigenvalue weighted by Crippen LogP contribution is 2.25. The highest BCUT2D eigenvalue weighted by molar-refractivity contribution is 8.00. The van der Waals surface area contributed by atoms with Crippen LogP contribution >= 0.6 is 24.2 Å². The molecule has 124 valence electrons. The Kier molecular flexibility index (Phi) is 8.52. The van der Waals surface area contributed by atoms with Crippen LogP contribution in [0.4, 0.5) is 5.69 Å². The van der Waals surface area contributed by atoms with Crippen molar-refractivity contribution in [2.24, 2.45) is 5.73 Å². The number of hydrogen-bond acceptors (Lipinski definition) is 4. The van der Waals surface area contributed by atoms with Crippen molar-refractivity contribution in [3.05, 3.63) is 24.3 Å². The Bertz CT molecular complexity index is 506. The van der Waals surface area contributed by atoms with E-state index in [-0.39, 0.29) is 29.5 Å². The van der Waals surface area contributed by atoms with Crippen LogP contribution in [0.2, 0.25) is 0 Å². The average Bonchev–Trinajstić information content (AvgIpc) is 2.40. The Morgan fingerprint density at radius 1 is 1.27 bits per heavy atom. The van der Waals surface area contributed by atoms with Crippen molar-refractivity contribution < 1.29 is 9.59 Å². The molecule has 1 atom stereocenters. The van der Waals surface area contributed by atoms with Crippen LogP contribution in [0.3, 0.4) is 0 Å². The molecule has 0 fully saturated rings. The summed E-state index contributed by atoms with van der Waals surface area (Å²) in [4.78, 5) is 24.0. The second-order valence-corrected chi connectivity index (χ2v) is 6.96. The molecule has 0 saturated heterocycles. The number of anilines is 1. The number of hydrogen-bond donors (Lipinski definition) is 3. The molecule has 4 N–H and O–H groups in total. The number of carbonyl (C=O) groups is 2. The molecule has 1 aromatic carbocycles. The summed E-state index contributed by atoms with van der Waals surface area (Å²) < 4.78 is 0. The molecule has 1 rings (SSSR count). The zero-order valence-corrected chi connectivity index (χ0v) is 14.9. The van der Waals surface area contributed by atoms with Crippen LogP contribution in [0.1, 0.15) is 27.7 Å². The van der Waals surface area contributed by atoms with Crippen LogP contribution in [-0.2, 0) is 9.59 Å². The maximum absolute atomic E-state index is 12.1. The van der Waals surface area contributed by atoms with Crippen molar-refractivity contribution in [1.29, 1.82) is 0 Å². The largest absolute Gasteiger partial charge is 0.349 e. The third-order valence-corrected chi connectivity index (χ3v) is 3.94. The number of nitrogens with one attached hydrogen (secondary N) is 2. The molecule has 0 aliphatic heterocycles. The van der Waals surface area contributed by atoms with Gasteiger partial charge in [-0.2, -0.15) is 0 Å². The summed E-state index contributed by atoms with van der Waals surface area (Å²) in [7, 11) is 0. The molecule has 1 aromatic rings. The van der Waals surface area contributed by atoms with E-state index in [9.17, 15) is 9.59 Å². The maximum Gasteiger partial charge on any atom is 0.233 e. The first-order valence-corrected chi connectivity index (χ1v) is 7.68. The van der Waals surface area contributed by atoms with Gasteiger partial charge in [-0.1, -0.05) is 0 Å². The predicted molar refractivity (Wildman–Crippen MR) is 94.6 cm³/mol. The molecule has 7 heteroatoms. The van der Waals surface area contributed by atoms with Crippen molar-refractivity contribution in [2.75, 3.05) is 11.9 Å². The lowest BCUT2D eigenvalue weighted by molar-refractivity contribution is -0.121. The first-order valence-electron chi connectivity index (χ1n) is 6.80. The molecule has 1 unspecified atom stereocenters. The third-order valence-electron chi connectivity index (χ3n) is 2.83. The Morgan fingerprint density at radius 2 is 1.82 bits per heavy atom. The van der Waals surface area contributed by atoms with E-state index in [0.29, 0.717) is 6.54 Å². The van der Waals surface area contributed by atoms with Gasteiger partial charge in [-0.25, -0.2) is 0 Å². The van der Waals surface area contributed by atoms with Crippen molar-refractivity contribution in [1.82, 2.24) is 5.32 Å². The predicted octanol–water partition coefficient (Wildman–Crippen LogP) is 2.40. The molecule has 0 aliphatic rings. The molecular formula is C15H24ClN3O2S. The summed E-state index contributed by atoms with van der Waals surface area (Å²) in [5.74, 6) is -0.145. The standard InChI is InChI=1S/C15H23N3O2S.ClH/c1-10(14(20)18-15(3,4)9-16)21-13-7-5-12(6-8-13)17-11(2)19;/h5-8,10H,9,16H2,1-4H3,(H,17,19)(H,18,20);1H. The fourth-order valence-electron chi connectivity index (χ4n) is 1.56. The van der Waals surface area contributed by atoms with Gasteiger partial charge < -0.3 is 16.4 Å². The minimum Gasteiger partial charge on any atom is -0.349 e. The smallest absolute Gasteiger partial charge is 0.233 e. The van der Waals surface area contributed by atoms with Gasteiger partial charge in [0, 0.05) is 29.6 Å². The first-order chi connectivity index (χ1) is 9.73. The summed E-state index contributed by atoms with van der Waals surface area (Å²) in [6, 6.07) is 7.40.